The molecule has 0 spiro atoms. The first-order valence-corrected chi connectivity index (χ1v) is 10.7. The Bertz CT molecular complexity index is 1420. The van der Waals surface area contributed by atoms with Crippen molar-refractivity contribution < 1.29 is 22.8 Å². The zero-order valence-corrected chi connectivity index (χ0v) is 18.2. The fraction of sp³-hybridized carbons (Fsp3) is 0.160. The van der Waals surface area contributed by atoms with Gasteiger partial charge >= 0.3 is 0 Å². The van der Waals surface area contributed by atoms with Crippen molar-refractivity contribution in [2.24, 2.45) is 0 Å². The van der Waals surface area contributed by atoms with E-state index in [2.05, 4.69) is 15.7 Å². The van der Waals surface area contributed by atoms with Crippen molar-refractivity contribution in [1.82, 2.24) is 9.78 Å². The maximum absolute atomic E-state index is 14.4. The monoisotopic (exact) mass is 462 g/mol. The summed E-state index contributed by atoms with van der Waals surface area (Å²) in [6, 6.07) is 11.6. The van der Waals surface area contributed by atoms with Gasteiger partial charge in [0.05, 0.1) is 17.5 Å². The summed E-state index contributed by atoms with van der Waals surface area (Å²) >= 11 is 0. The minimum Gasteiger partial charge on any atom is -0.469 e. The second-order valence-corrected chi connectivity index (χ2v) is 7.98. The molecule has 7 nitrogen and oxygen atoms in total. The summed E-state index contributed by atoms with van der Waals surface area (Å²) in [5, 5.41) is 9.60. The summed E-state index contributed by atoms with van der Waals surface area (Å²) in [5.41, 5.74) is 2.51. The van der Waals surface area contributed by atoms with Crippen molar-refractivity contribution in [3.8, 4) is 5.69 Å². The molecule has 0 saturated carbocycles. The molecule has 9 heteroatoms. The lowest BCUT2D eigenvalue weighted by Gasteiger charge is -2.10. The van der Waals surface area contributed by atoms with Gasteiger partial charge in [0.2, 0.25) is 0 Å². The number of amides is 2. The van der Waals surface area contributed by atoms with Crippen LogP contribution in [0.4, 0.5) is 20.2 Å². The van der Waals surface area contributed by atoms with Crippen LogP contribution in [-0.4, -0.2) is 21.6 Å². The molecule has 0 radical (unpaired) electrons. The van der Waals surface area contributed by atoms with Gasteiger partial charge in [0, 0.05) is 16.9 Å². The van der Waals surface area contributed by atoms with E-state index in [1.807, 2.05) is 0 Å². The Kier molecular flexibility index (Phi) is 5.45. The fourth-order valence-electron chi connectivity index (χ4n) is 4.14. The van der Waals surface area contributed by atoms with Crippen LogP contribution in [0.5, 0.6) is 0 Å². The van der Waals surface area contributed by atoms with Crippen molar-refractivity contribution in [2.45, 2.75) is 26.2 Å². The SMILES string of the molecule is Cc1occc1C(=O)Nc1cc(NC(=O)c2nn(-c3ccccc3F)c3c2CCC3)ccc1F. The maximum atomic E-state index is 14.4. The van der Waals surface area contributed by atoms with Gasteiger partial charge in [-0.3, -0.25) is 9.59 Å². The van der Waals surface area contributed by atoms with Crippen LogP contribution < -0.4 is 10.6 Å². The lowest BCUT2D eigenvalue weighted by Crippen LogP contribution is -2.16. The molecule has 4 aromatic rings. The van der Waals surface area contributed by atoms with E-state index in [-0.39, 0.29) is 28.3 Å². The van der Waals surface area contributed by atoms with E-state index < -0.39 is 23.4 Å². The number of hydrogen-bond acceptors (Lipinski definition) is 4. The third-order valence-corrected chi connectivity index (χ3v) is 5.80. The number of para-hydroxylation sites is 1. The van der Waals surface area contributed by atoms with Gasteiger partial charge in [0.25, 0.3) is 11.8 Å². The molecule has 0 saturated heterocycles. The number of halogens is 2. The fourth-order valence-corrected chi connectivity index (χ4v) is 4.14. The zero-order valence-electron chi connectivity index (χ0n) is 18.2. The van der Waals surface area contributed by atoms with Gasteiger partial charge in [0.15, 0.2) is 5.69 Å². The number of carbonyl (C=O) groups excluding carboxylic acids is 2. The smallest absolute Gasteiger partial charge is 0.276 e. The highest BCUT2D eigenvalue weighted by Gasteiger charge is 2.28. The Hall–Kier alpha value is -4.27. The van der Waals surface area contributed by atoms with Crippen LogP contribution in [-0.2, 0) is 12.8 Å². The van der Waals surface area contributed by atoms with Gasteiger partial charge in [-0.2, -0.15) is 5.10 Å². The van der Waals surface area contributed by atoms with Crippen LogP contribution in [0.15, 0.2) is 59.2 Å². The molecule has 0 bridgehead atoms. The summed E-state index contributed by atoms with van der Waals surface area (Å²) in [6.45, 7) is 1.63. The average molecular weight is 462 g/mol. The molecule has 2 heterocycles. The van der Waals surface area contributed by atoms with Gasteiger partial charge in [-0.1, -0.05) is 12.1 Å². The van der Waals surface area contributed by atoms with Crippen LogP contribution in [0.2, 0.25) is 0 Å². The standard InChI is InChI=1S/C25H20F2N4O3/c1-14-16(11-12-34-14)24(32)29-20-13-15(9-10-18(20)26)28-25(33)23-17-5-4-8-21(17)31(30-23)22-7-3-2-6-19(22)27/h2-3,6-7,9-13H,4-5,8H2,1H3,(H,28,33)(H,29,32). The largest absolute Gasteiger partial charge is 0.469 e. The lowest BCUT2D eigenvalue weighted by molar-refractivity contribution is 0.101. The van der Waals surface area contributed by atoms with E-state index in [9.17, 15) is 18.4 Å². The molecule has 2 amide bonds. The summed E-state index contributed by atoms with van der Waals surface area (Å²) in [5.74, 6) is -1.71. The van der Waals surface area contributed by atoms with Crippen LogP contribution in [0, 0.1) is 18.6 Å². The Balaban J connectivity index is 1.41. The number of nitrogens with zero attached hydrogens (tertiary/aromatic N) is 2. The van der Waals surface area contributed by atoms with Crippen LogP contribution in [0.3, 0.4) is 0 Å². The van der Waals surface area contributed by atoms with Crippen molar-refractivity contribution in [2.75, 3.05) is 10.6 Å². The Labute approximate surface area is 193 Å². The second kappa shape index (κ2) is 8.58. The van der Waals surface area contributed by atoms with Gasteiger partial charge in [-0.25, -0.2) is 13.5 Å². The van der Waals surface area contributed by atoms with E-state index in [1.54, 1.807) is 25.1 Å². The normalized spacial score (nSPS) is 12.4. The molecular formula is C25H20F2N4O3. The van der Waals surface area contributed by atoms with Gasteiger partial charge < -0.3 is 15.1 Å². The van der Waals surface area contributed by atoms with Crippen molar-refractivity contribution >= 4 is 23.2 Å². The molecule has 0 fully saturated rings. The van der Waals surface area contributed by atoms with Crippen molar-refractivity contribution in [3.63, 3.8) is 0 Å². The highest BCUT2D eigenvalue weighted by Crippen LogP contribution is 2.29. The number of aryl methyl sites for hydroxylation is 1. The molecule has 5 rings (SSSR count). The van der Waals surface area contributed by atoms with Crippen molar-refractivity contribution in [1.29, 1.82) is 0 Å². The lowest BCUT2D eigenvalue weighted by atomic mass is 10.2. The molecule has 2 aromatic heterocycles. The molecule has 1 aliphatic rings. The predicted molar refractivity (Wildman–Crippen MR) is 121 cm³/mol. The second-order valence-electron chi connectivity index (χ2n) is 7.98. The molecule has 0 atom stereocenters. The van der Waals surface area contributed by atoms with Crippen LogP contribution >= 0.6 is 0 Å². The zero-order chi connectivity index (χ0) is 23.8. The number of hydrogen-bond donors (Lipinski definition) is 2. The average Bonchev–Trinajstić information content (AvgIpc) is 3.53. The summed E-state index contributed by atoms with van der Waals surface area (Å²) in [6.07, 6.45) is 3.55. The Morgan fingerprint density at radius 1 is 1.00 bits per heavy atom. The van der Waals surface area contributed by atoms with E-state index in [4.69, 9.17) is 4.42 Å². The highest BCUT2D eigenvalue weighted by atomic mass is 19.1. The number of nitrogens with one attached hydrogen (secondary N) is 2. The first-order valence-electron chi connectivity index (χ1n) is 10.7. The minimum atomic E-state index is -0.655. The quantitative estimate of drug-likeness (QED) is 0.435. The number of furan rings is 1. The third kappa shape index (κ3) is 3.85. The third-order valence-electron chi connectivity index (χ3n) is 5.80. The number of carbonyl (C=O) groups is 2. The van der Waals surface area contributed by atoms with Gasteiger partial charge in [-0.15, -0.1) is 0 Å². The molecule has 2 aromatic carbocycles. The first kappa shape index (κ1) is 21.6. The topological polar surface area (TPSA) is 89.2 Å². The minimum absolute atomic E-state index is 0.0921. The van der Waals surface area contributed by atoms with Gasteiger partial charge in [0.1, 0.15) is 23.1 Å². The molecule has 0 aliphatic heterocycles. The summed E-state index contributed by atoms with van der Waals surface area (Å²) in [7, 11) is 0. The van der Waals surface area contributed by atoms with E-state index in [0.717, 1.165) is 23.7 Å². The molecule has 2 N–H and O–H groups in total. The molecule has 1 aliphatic carbocycles. The van der Waals surface area contributed by atoms with Crippen LogP contribution in [0.1, 0.15) is 44.3 Å². The number of fused-ring (bicyclic) bond motifs is 1. The Morgan fingerprint density at radius 3 is 2.59 bits per heavy atom. The summed E-state index contributed by atoms with van der Waals surface area (Å²) < 4.78 is 35.3. The summed E-state index contributed by atoms with van der Waals surface area (Å²) in [4.78, 5) is 25.5. The van der Waals surface area contributed by atoms with E-state index in [0.29, 0.717) is 18.6 Å². The van der Waals surface area contributed by atoms with E-state index >= 15 is 0 Å². The van der Waals surface area contributed by atoms with Crippen LogP contribution in [0.25, 0.3) is 5.69 Å². The van der Waals surface area contributed by atoms with E-state index in [1.165, 1.54) is 35.2 Å². The molecule has 172 valence electrons. The maximum Gasteiger partial charge on any atom is 0.276 e. The predicted octanol–water partition coefficient (Wildman–Crippen LogP) is 5.05. The number of aromatic nitrogens is 2. The number of benzene rings is 2. The van der Waals surface area contributed by atoms with Crippen molar-refractivity contribution in [3.05, 3.63) is 94.7 Å². The number of anilines is 2. The molecular weight excluding hydrogens is 442 g/mol. The van der Waals surface area contributed by atoms with Gasteiger partial charge in [-0.05, 0) is 62.6 Å². The first-order chi connectivity index (χ1) is 16.4. The number of rotatable bonds is 5. The highest BCUT2D eigenvalue weighted by molar-refractivity contribution is 6.06. The Morgan fingerprint density at radius 2 is 1.82 bits per heavy atom. The molecule has 34 heavy (non-hydrogen) atoms. The molecule has 0 unspecified atom stereocenters.